The molecule has 200 valence electrons. The molecule has 0 aliphatic heterocycles. The number of benzene rings is 1. The van der Waals surface area contributed by atoms with Crippen molar-refractivity contribution in [1.29, 1.82) is 0 Å². The van der Waals surface area contributed by atoms with Crippen molar-refractivity contribution >= 4 is 57.1 Å². The summed E-state index contributed by atoms with van der Waals surface area (Å²) in [5.74, 6) is -0.719. The molecule has 7 nitrogen and oxygen atoms in total. The number of fused-ring (bicyclic) bond motifs is 1. The van der Waals surface area contributed by atoms with Crippen LogP contribution in [-0.2, 0) is 17.4 Å². The van der Waals surface area contributed by atoms with Crippen LogP contribution in [-0.4, -0.2) is 33.2 Å². The maximum absolute atomic E-state index is 13.1. The highest BCUT2D eigenvalue weighted by Gasteiger charge is 2.34. The normalized spacial score (nSPS) is 12.1. The number of aromatic nitrogens is 3. The Bertz CT molecular complexity index is 1460. The van der Waals surface area contributed by atoms with Crippen molar-refractivity contribution in [2.45, 2.75) is 38.5 Å². The van der Waals surface area contributed by atoms with Crippen molar-refractivity contribution in [3.63, 3.8) is 0 Å². The second kappa shape index (κ2) is 11.8. The highest BCUT2D eigenvalue weighted by atomic mass is 32.1. The van der Waals surface area contributed by atoms with E-state index < -0.39 is 24.4 Å². The van der Waals surface area contributed by atoms with Gasteiger partial charge in [0.15, 0.2) is 15.8 Å². The number of nitrogens with zero attached hydrogens (tertiary/aromatic N) is 3. The van der Waals surface area contributed by atoms with Crippen LogP contribution in [0.15, 0.2) is 35.2 Å². The predicted octanol–water partition coefficient (Wildman–Crippen LogP) is 6.81. The maximum Gasteiger partial charge on any atom is 0.434 e. The number of anilines is 1. The van der Waals surface area contributed by atoms with E-state index in [-0.39, 0.29) is 22.3 Å². The molecule has 14 heteroatoms. The molecule has 0 aliphatic carbocycles. The van der Waals surface area contributed by atoms with E-state index in [9.17, 15) is 31.5 Å². The molecule has 0 fully saturated rings. The smallest absolute Gasteiger partial charge is 0.434 e. The number of halogens is 5. The van der Waals surface area contributed by atoms with Crippen molar-refractivity contribution in [3.05, 3.63) is 63.4 Å². The van der Waals surface area contributed by atoms with Gasteiger partial charge in [0.1, 0.15) is 17.7 Å². The van der Waals surface area contributed by atoms with Gasteiger partial charge >= 0.3 is 12.8 Å². The molecule has 1 amide bonds. The Kier molecular flexibility index (Phi) is 8.52. The van der Waals surface area contributed by atoms with E-state index in [4.69, 9.17) is 0 Å². The van der Waals surface area contributed by atoms with Gasteiger partial charge in [-0.05, 0) is 37.0 Å². The maximum atomic E-state index is 13.1. The average molecular weight is 571 g/mol. The molecule has 0 saturated carbocycles. The molecule has 0 bridgehead atoms. The lowest BCUT2D eigenvalue weighted by molar-refractivity contribution is -0.140. The van der Waals surface area contributed by atoms with Crippen molar-refractivity contribution in [2.24, 2.45) is 0 Å². The Labute approximate surface area is 220 Å². The van der Waals surface area contributed by atoms with Crippen LogP contribution in [0.3, 0.4) is 0 Å². The lowest BCUT2D eigenvalue weighted by Gasteiger charge is -2.13. The van der Waals surface area contributed by atoms with Crippen LogP contribution in [0.2, 0.25) is 0 Å². The Hall–Kier alpha value is -3.65. The topological polar surface area (TPSA) is 85.6 Å². The highest BCUT2D eigenvalue weighted by Crippen LogP contribution is 2.32. The molecule has 0 unspecified atom stereocenters. The number of ether oxygens (including phenoxy) is 1. The Balaban J connectivity index is 1.65. The summed E-state index contributed by atoms with van der Waals surface area (Å²) < 4.78 is 70.8. The van der Waals surface area contributed by atoms with Crippen LogP contribution < -0.4 is 10.1 Å². The third-order valence-electron chi connectivity index (χ3n) is 5.32. The molecule has 0 saturated heterocycles. The number of hydrogen-bond donors (Lipinski definition) is 1. The molecule has 3 aromatic heterocycles. The molecule has 0 aliphatic rings. The molecule has 0 spiro atoms. The van der Waals surface area contributed by atoms with Gasteiger partial charge in [0, 0.05) is 28.9 Å². The van der Waals surface area contributed by atoms with Crippen molar-refractivity contribution in [1.82, 2.24) is 14.4 Å². The highest BCUT2D eigenvalue weighted by molar-refractivity contribution is 7.15. The number of aldehydes is 1. The predicted molar refractivity (Wildman–Crippen MR) is 134 cm³/mol. The lowest BCUT2D eigenvalue weighted by Crippen LogP contribution is -2.15. The van der Waals surface area contributed by atoms with E-state index in [0.29, 0.717) is 53.1 Å². The van der Waals surface area contributed by atoms with Gasteiger partial charge in [0.05, 0.1) is 5.69 Å². The van der Waals surface area contributed by atoms with Crippen molar-refractivity contribution < 1.29 is 36.3 Å². The number of unbranched alkanes of at least 4 members (excludes halogenated alkanes) is 2. The zero-order chi connectivity index (χ0) is 27.3. The van der Waals surface area contributed by atoms with Gasteiger partial charge in [-0.2, -0.15) is 22.0 Å². The largest absolute Gasteiger partial charge is 0.435 e. The zero-order valence-electron chi connectivity index (χ0n) is 19.4. The number of amides is 1. The van der Waals surface area contributed by atoms with E-state index in [1.807, 2.05) is 0 Å². The summed E-state index contributed by atoms with van der Waals surface area (Å²) in [7, 11) is 0. The van der Waals surface area contributed by atoms with E-state index in [1.54, 1.807) is 29.8 Å². The molecular weight excluding hydrogens is 551 g/mol. The first-order valence-corrected chi connectivity index (χ1v) is 12.9. The number of carbonyl (C=O) groups is 2. The van der Waals surface area contributed by atoms with Gasteiger partial charge in [0.25, 0.3) is 5.91 Å². The van der Waals surface area contributed by atoms with Gasteiger partial charge in [-0.1, -0.05) is 18.2 Å². The van der Waals surface area contributed by atoms with E-state index >= 15 is 0 Å². The molecule has 0 radical (unpaired) electrons. The van der Waals surface area contributed by atoms with E-state index in [0.717, 1.165) is 11.7 Å². The van der Waals surface area contributed by atoms with Crippen molar-refractivity contribution in [3.8, 4) is 5.75 Å². The second-order valence-corrected chi connectivity index (χ2v) is 9.57. The molecule has 4 rings (SSSR count). The zero-order valence-corrected chi connectivity index (χ0v) is 21.0. The fourth-order valence-corrected chi connectivity index (χ4v) is 5.11. The van der Waals surface area contributed by atoms with E-state index in [2.05, 4.69) is 20.0 Å². The SMILES string of the molecule is O=CCCCCc1c(/C=C/c2nc3sccn3c2C(=O)Nc2nc(C(F)(F)F)cs2)cccc1OC(F)F. The van der Waals surface area contributed by atoms with Gasteiger partial charge in [-0.25, -0.2) is 9.97 Å². The molecule has 1 aromatic carbocycles. The van der Waals surface area contributed by atoms with E-state index in [1.165, 1.54) is 27.9 Å². The third-order valence-corrected chi connectivity index (χ3v) is 6.84. The summed E-state index contributed by atoms with van der Waals surface area (Å²) in [5.41, 5.74) is 0.220. The molecular formula is C24H19F5N4O3S2. The first-order chi connectivity index (χ1) is 18.2. The van der Waals surface area contributed by atoms with Gasteiger partial charge in [-0.3, -0.25) is 14.5 Å². The average Bonchev–Trinajstić information content (AvgIpc) is 3.57. The Morgan fingerprint density at radius 3 is 2.68 bits per heavy atom. The quantitative estimate of drug-likeness (QED) is 0.122. The fraction of sp³-hybridized carbons (Fsp3) is 0.250. The Morgan fingerprint density at radius 2 is 1.97 bits per heavy atom. The number of hydrogen-bond acceptors (Lipinski definition) is 7. The van der Waals surface area contributed by atoms with Crippen molar-refractivity contribution in [2.75, 3.05) is 5.32 Å². The summed E-state index contributed by atoms with van der Waals surface area (Å²) in [4.78, 5) is 32.0. The van der Waals surface area contributed by atoms with Crippen LogP contribution in [0, 0.1) is 0 Å². The van der Waals surface area contributed by atoms with Gasteiger partial charge in [-0.15, -0.1) is 22.7 Å². The number of carbonyl (C=O) groups excluding carboxylic acids is 2. The van der Waals surface area contributed by atoms with Gasteiger partial charge < -0.3 is 9.53 Å². The number of thiazole rings is 2. The number of imidazole rings is 1. The molecule has 38 heavy (non-hydrogen) atoms. The molecule has 0 atom stereocenters. The van der Waals surface area contributed by atoms with Crippen LogP contribution in [0.4, 0.5) is 27.1 Å². The minimum absolute atomic E-state index is 0.00119. The monoisotopic (exact) mass is 570 g/mol. The number of alkyl halides is 5. The summed E-state index contributed by atoms with van der Waals surface area (Å²) >= 11 is 1.89. The van der Waals surface area contributed by atoms with Crippen LogP contribution >= 0.6 is 22.7 Å². The van der Waals surface area contributed by atoms with Gasteiger partial charge in [0.2, 0.25) is 0 Å². The first kappa shape index (κ1) is 27.4. The molecule has 4 aromatic rings. The van der Waals surface area contributed by atoms with Crippen LogP contribution in [0.5, 0.6) is 5.75 Å². The minimum atomic E-state index is -4.64. The first-order valence-electron chi connectivity index (χ1n) is 11.2. The second-order valence-electron chi connectivity index (χ2n) is 7.84. The lowest BCUT2D eigenvalue weighted by atomic mass is 9.99. The summed E-state index contributed by atoms with van der Waals surface area (Å²) in [6.07, 6.45) is 2.71. The number of rotatable bonds is 11. The standard InChI is InChI=1S/C24H19F5N4O3S2/c25-21(26)36-17-7-4-5-14(15(17)6-2-1-3-11-34)8-9-16-19(33-10-12-37-23(33)30-16)20(35)32-22-31-18(13-38-22)24(27,28)29/h4-5,7-13,21H,1-3,6H2,(H,31,32,35)/b9-8+. The van der Waals surface area contributed by atoms with Crippen LogP contribution in [0.1, 0.15) is 52.3 Å². The summed E-state index contributed by atoms with van der Waals surface area (Å²) in [5, 5.41) is 4.66. The Morgan fingerprint density at radius 1 is 1.16 bits per heavy atom. The summed E-state index contributed by atoms with van der Waals surface area (Å²) in [6.45, 7) is -3.03. The number of nitrogens with one attached hydrogen (secondary N) is 1. The van der Waals surface area contributed by atoms with Crippen LogP contribution in [0.25, 0.3) is 17.1 Å². The fourth-order valence-electron chi connectivity index (χ4n) is 3.67. The summed E-state index contributed by atoms with van der Waals surface area (Å²) in [6, 6.07) is 4.66. The molecule has 1 N–H and O–H groups in total. The minimum Gasteiger partial charge on any atom is -0.435 e. The third kappa shape index (κ3) is 6.42. The molecule has 3 heterocycles.